The quantitative estimate of drug-likeness (QED) is 0.489. The van der Waals surface area contributed by atoms with Gasteiger partial charge in [-0.25, -0.2) is 0 Å². The summed E-state index contributed by atoms with van der Waals surface area (Å²) in [5, 5.41) is 8.27. The van der Waals surface area contributed by atoms with Crippen LogP contribution in [0, 0.1) is 13.8 Å². The van der Waals surface area contributed by atoms with Crippen molar-refractivity contribution in [2.24, 2.45) is 7.05 Å². The van der Waals surface area contributed by atoms with E-state index in [1.54, 1.807) is 28.0 Å². The van der Waals surface area contributed by atoms with Crippen molar-refractivity contribution in [3.8, 4) is 11.3 Å². The molecule has 7 heteroatoms. The van der Waals surface area contributed by atoms with E-state index in [1.807, 2.05) is 63.4 Å². The molecule has 0 bridgehead atoms. The summed E-state index contributed by atoms with van der Waals surface area (Å²) in [6, 6.07) is 15.4. The second-order valence-electron chi connectivity index (χ2n) is 7.26. The normalized spacial score (nSPS) is 10.9. The summed E-state index contributed by atoms with van der Waals surface area (Å²) >= 11 is 0. The van der Waals surface area contributed by atoms with Gasteiger partial charge in [0.1, 0.15) is 0 Å². The van der Waals surface area contributed by atoms with Gasteiger partial charge >= 0.3 is 0 Å². The Balaban J connectivity index is 1.63. The maximum Gasteiger partial charge on any atom is 0.276 e. The van der Waals surface area contributed by atoms with Crippen molar-refractivity contribution in [1.29, 1.82) is 0 Å². The van der Waals surface area contributed by atoms with Crippen molar-refractivity contribution < 1.29 is 9.32 Å². The lowest BCUT2D eigenvalue weighted by molar-refractivity contribution is 0.0717. The van der Waals surface area contributed by atoms with Crippen LogP contribution in [-0.4, -0.2) is 30.7 Å². The van der Waals surface area contributed by atoms with Crippen molar-refractivity contribution in [1.82, 2.24) is 24.8 Å². The van der Waals surface area contributed by atoms with E-state index < -0.39 is 0 Å². The Morgan fingerprint density at radius 2 is 1.90 bits per heavy atom. The minimum atomic E-state index is -0.208. The number of amides is 1. The SMILES string of the molecule is Cc1cccnc1CN(Cc1ccccc1)C(=O)c1cc(-c2cnn(C)c2C)on1. The van der Waals surface area contributed by atoms with Crippen LogP contribution < -0.4 is 0 Å². The number of rotatable bonds is 6. The van der Waals surface area contributed by atoms with Crippen LogP contribution in [0.25, 0.3) is 11.3 Å². The predicted octanol–water partition coefficient (Wildman–Crippen LogP) is 3.93. The molecule has 0 fully saturated rings. The third-order valence-electron chi connectivity index (χ3n) is 5.19. The second-order valence-corrected chi connectivity index (χ2v) is 7.26. The Labute approximate surface area is 175 Å². The first-order chi connectivity index (χ1) is 14.5. The molecule has 0 N–H and O–H groups in total. The summed E-state index contributed by atoms with van der Waals surface area (Å²) in [6.45, 7) is 4.77. The second kappa shape index (κ2) is 8.32. The van der Waals surface area contributed by atoms with E-state index >= 15 is 0 Å². The van der Waals surface area contributed by atoms with E-state index in [0.29, 0.717) is 18.8 Å². The van der Waals surface area contributed by atoms with Gasteiger partial charge in [-0.05, 0) is 31.0 Å². The minimum absolute atomic E-state index is 0.208. The van der Waals surface area contributed by atoms with Crippen LogP contribution in [0.1, 0.15) is 33.0 Å². The fourth-order valence-electron chi connectivity index (χ4n) is 3.27. The van der Waals surface area contributed by atoms with Crippen LogP contribution >= 0.6 is 0 Å². The first-order valence-electron chi connectivity index (χ1n) is 9.72. The molecule has 0 spiro atoms. The smallest absolute Gasteiger partial charge is 0.276 e. The van der Waals surface area contributed by atoms with Crippen LogP contribution in [0.5, 0.6) is 0 Å². The Morgan fingerprint density at radius 3 is 2.60 bits per heavy atom. The highest BCUT2D eigenvalue weighted by molar-refractivity contribution is 5.93. The van der Waals surface area contributed by atoms with Crippen LogP contribution in [0.3, 0.4) is 0 Å². The van der Waals surface area contributed by atoms with E-state index in [1.165, 1.54) is 0 Å². The fourth-order valence-corrected chi connectivity index (χ4v) is 3.27. The molecule has 0 saturated heterocycles. The fraction of sp³-hybridized carbons (Fsp3) is 0.217. The average Bonchev–Trinajstić information content (AvgIpc) is 3.36. The number of carbonyl (C=O) groups is 1. The first-order valence-corrected chi connectivity index (χ1v) is 9.72. The highest BCUT2D eigenvalue weighted by Crippen LogP contribution is 2.24. The molecule has 0 aliphatic rings. The molecule has 1 aromatic carbocycles. The molecular weight excluding hydrogens is 378 g/mol. The highest BCUT2D eigenvalue weighted by Gasteiger charge is 2.23. The van der Waals surface area contributed by atoms with Crippen molar-refractivity contribution in [2.75, 3.05) is 0 Å². The molecule has 4 aromatic rings. The number of pyridine rings is 1. The standard InChI is InChI=1S/C23H23N5O2/c1-16-8-7-11-24-21(16)15-28(14-18-9-5-4-6-10-18)23(29)20-12-22(30-26-20)19-13-25-27(3)17(19)2/h4-13H,14-15H2,1-3H3. The van der Waals surface area contributed by atoms with Crippen molar-refractivity contribution in [3.05, 3.63) is 89.1 Å². The van der Waals surface area contributed by atoms with Crippen LogP contribution in [0.4, 0.5) is 0 Å². The van der Waals surface area contributed by atoms with Crippen molar-refractivity contribution in [2.45, 2.75) is 26.9 Å². The van der Waals surface area contributed by atoms with Gasteiger partial charge in [0.25, 0.3) is 5.91 Å². The van der Waals surface area contributed by atoms with Gasteiger partial charge in [-0.15, -0.1) is 0 Å². The molecule has 30 heavy (non-hydrogen) atoms. The largest absolute Gasteiger partial charge is 0.355 e. The van der Waals surface area contributed by atoms with E-state index in [2.05, 4.69) is 15.2 Å². The third-order valence-corrected chi connectivity index (χ3v) is 5.19. The molecule has 0 saturated carbocycles. The van der Waals surface area contributed by atoms with Gasteiger partial charge in [-0.2, -0.15) is 5.10 Å². The molecule has 3 heterocycles. The number of aryl methyl sites for hydroxylation is 2. The number of benzene rings is 1. The summed E-state index contributed by atoms with van der Waals surface area (Å²) in [6.07, 6.45) is 3.45. The summed E-state index contributed by atoms with van der Waals surface area (Å²) in [7, 11) is 1.86. The third kappa shape index (κ3) is 4.00. The molecule has 4 rings (SSSR count). The lowest BCUT2D eigenvalue weighted by Crippen LogP contribution is -2.31. The van der Waals surface area contributed by atoms with E-state index in [4.69, 9.17) is 4.52 Å². The molecule has 1 amide bonds. The van der Waals surface area contributed by atoms with Crippen molar-refractivity contribution >= 4 is 5.91 Å². The molecular formula is C23H23N5O2. The molecule has 152 valence electrons. The zero-order chi connectivity index (χ0) is 21.1. The summed E-state index contributed by atoms with van der Waals surface area (Å²) < 4.78 is 7.23. The van der Waals surface area contributed by atoms with Gasteiger partial charge in [0.15, 0.2) is 11.5 Å². The van der Waals surface area contributed by atoms with E-state index in [-0.39, 0.29) is 11.6 Å². The average molecular weight is 401 g/mol. The van der Waals surface area contributed by atoms with Gasteiger partial charge in [0, 0.05) is 31.5 Å². The van der Waals surface area contributed by atoms with Gasteiger partial charge < -0.3 is 9.42 Å². The Kier molecular flexibility index (Phi) is 5.43. The molecule has 0 aliphatic carbocycles. The molecule has 0 atom stereocenters. The van der Waals surface area contributed by atoms with Gasteiger partial charge in [-0.1, -0.05) is 41.6 Å². The topological polar surface area (TPSA) is 77.0 Å². The van der Waals surface area contributed by atoms with Crippen molar-refractivity contribution in [3.63, 3.8) is 0 Å². The zero-order valence-corrected chi connectivity index (χ0v) is 17.2. The number of nitrogens with zero attached hydrogens (tertiary/aromatic N) is 5. The molecule has 3 aromatic heterocycles. The van der Waals surface area contributed by atoms with E-state index in [9.17, 15) is 4.79 Å². The van der Waals surface area contributed by atoms with E-state index in [0.717, 1.165) is 28.1 Å². The highest BCUT2D eigenvalue weighted by atomic mass is 16.5. The van der Waals surface area contributed by atoms with Crippen LogP contribution in [0.15, 0.2) is 65.4 Å². The number of aromatic nitrogens is 4. The number of hydrogen-bond acceptors (Lipinski definition) is 5. The maximum atomic E-state index is 13.4. The molecule has 0 radical (unpaired) electrons. The Morgan fingerprint density at radius 1 is 1.10 bits per heavy atom. The van der Waals surface area contributed by atoms with Gasteiger partial charge in [-0.3, -0.25) is 14.5 Å². The number of hydrogen-bond donors (Lipinski definition) is 0. The molecule has 0 unspecified atom stereocenters. The van der Waals surface area contributed by atoms with Gasteiger partial charge in [0.05, 0.1) is 24.0 Å². The molecule has 7 nitrogen and oxygen atoms in total. The Bertz CT molecular complexity index is 1160. The molecule has 0 aliphatic heterocycles. The van der Waals surface area contributed by atoms with Gasteiger partial charge in [0.2, 0.25) is 0 Å². The minimum Gasteiger partial charge on any atom is -0.355 e. The number of carbonyl (C=O) groups excluding carboxylic acids is 1. The van der Waals surface area contributed by atoms with Crippen LogP contribution in [0.2, 0.25) is 0 Å². The maximum absolute atomic E-state index is 13.4. The summed E-state index contributed by atoms with van der Waals surface area (Å²) in [5.74, 6) is 0.318. The summed E-state index contributed by atoms with van der Waals surface area (Å²) in [4.78, 5) is 19.5. The first kappa shape index (κ1) is 19.6. The van der Waals surface area contributed by atoms with Crippen LogP contribution in [-0.2, 0) is 20.1 Å². The monoisotopic (exact) mass is 401 g/mol. The predicted molar refractivity (Wildman–Crippen MR) is 112 cm³/mol. The summed E-state index contributed by atoms with van der Waals surface area (Å²) in [5.41, 5.74) is 4.95. The Hall–Kier alpha value is -3.74. The zero-order valence-electron chi connectivity index (χ0n) is 17.2. The lowest BCUT2D eigenvalue weighted by atomic mass is 10.1. The lowest BCUT2D eigenvalue weighted by Gasteiger charge is -2.22.